The molecule has 0 spiro atoms. The highest BCUT2D eigenvalue weighted by molar-refractivity contribution is 5.93. The van der Waals surface area contributed by atoms with E-state index >= 15 is 0 Å². The zero-order chi connectivity index (χ0) is 16.3. The van der Waals surface area contributed by atoms with Gasteiger partial charge in [-0.3, -0.25) is 14.5 Å². The summed E-state index contributed by atoms with van der Waals surface area (Å²) in [4.78, 5) is 27.9. The lowest BCUT2D eigenvalue weighted by Gasteiger charge is -2.25. The molecular weight excluding hydrogens is 278 g/mol. The van der Waals surface area contributed by atoms with Crippen LogP contribution in [0.15, 0.2) is 18.2 Å². The lowest BCUT2D eigenvalue weighted by molar-refractivity contribution is -0.133. The summed E-state index contributed by atoms with van der Waals surface area (Å²) in [6.45, 7) is 5.13. The molecule has 5 nitrogen and oxygen atoms in total. The Labute approximate surface area is 132 Å². The van der Waals surface area contributed by atoms with Crippen LogP contribution in [0.3, 0.4) is 0 Å². The van der Waals surface area contributed by atoms with Crippen LogP contribution < -0.4 is 5.32 Å². The molecule has 1 atom stereocenters. The van der Waals surface area contributed by atoms with E-state index in [4.69, 9.17) is 0 Å². The topological polar surface area (TPSA) is 52.7 Å². The van der Waals surface area contributed by atoms with Gasteiger partial charge in [0.15, 0.2) is 0 Å². The molecule has 1 heterocycles. The fourth-order valence-electron chi connectivity index (χ4n) is 2.80. The highest BCUT2D eigenvalue weighted by Gasteiger charge is 2.32. The Morgan fingerprint density at radius 3 is 2.64 bits per heavy atom. The molecule has 1 N–H and O–H groups in total. The second-order valence-electron chi connectivity index (χ2n) is 6.21. The van der Waals surface area contributed by atoms with E-state index in [9.17, 15) is 9.59 Å². The molecule has 0 bridgehead atoms. The van der Waals surface area contributed by atoms with Crippen molar-refractivity contribution in [3.8, 4) is 0 Å². The Morgan fingerprint density at radius 1 is 1.27 bits per heavy atom. The number of hydrogen-bond donors (Lipinski definition) is 1. The highest BCUT2D eigenvalue weighted by Crippen LogP contribution is 2.19. The maximum Gasteiger partial charge on any atom is 0.239 e. The smallest absolute Gasteiger partial charge is 0.239 e. The minimum Gasteiger partial charge on any atom is -0.347 e. The van der Waals surface area contributed by atoms with E-state index < -0.39 is 0 Å². The molecule has 120 valence electrons. The van der Waals surface area contributed by atoms with Crippen LogP contribution in [0.5, 0.6) is 0 Å². The van der Waals surface area contributed by atoms with Gasteiger partial charge in [0, 0.05) is 19.8 Å². The van der Waals surface area contributed by atoms with Crippen molar-refractivity contribution in [3.05, 3.63) is 29.3 Å². The Balaban J connectivity index is 1.96. The van der Waals surface area contributed by atoms with Crippen LogP contribution in [-0.4, -0.2) is 54.8 Å². The van der Waals surface area contributed by atoms with Gasteiger partial charge < -0.3 is 10.2 Å². The number of likely N-dealkylation sites (tertiary alicyclic amines) is 1. The Morgan fingerprint density at radius 2 is 2.00 bits per heavy atom. The minimum absolute atomic E-state index is 0.0679. The molecule has 22 heavy (non-hydrogen) atoms. The molecule has 2 amide bonds. The summed E-state index contributed by atoms with van der Waals surface area (Å²) in [5, 5.41) is 2.92. The number of nitrogens with one attached hydrogen (secondary N) is 1. The first-order valence-corrected chi connectivity index (χ1v) is 7.71. The third kappa shape index (κ3) is 3.85. The molecular formula is C17H25N3O2. The van der Waals surface area contributed by atoms with Crippen LogP contribution in [0.1, 0.15) is 24.0 Å². The summed E-state index contributed by atoms with van der Waals surface area (Å²) in [6.07, 6.45) is 1.79. The van der Waals surface area contributed by atoms with Crippen LogP contribution in [0.25, 0.3) is 0 Å². The second-order valence-corrected chi connectivity index (χ2v) is 6.21. The quantitative estimate of drug-likeness (QED) is 0.923. The number of likely N-dealkylation sites (N-methyl/N-ethyl adjacent to an activating group) is 1. The second kappa shape index (κ2) is 6.92. The monoisotopic (exact) mass is 303 g/mol. The average molecular weight is 303 g/mol. The summed E-state index contributed by atoms with van der Waals surface area (Å²) in [7, 11) is 3.52. The van der Waals surface area contributed by atoms with E-state index in [1.807, 2.05) is 36.9 Å². The first kappa shape index (κ1) is 16.5. The van der Waals surface area contributed by atoms with E-state index in [1.165, 1.54) is 5.56 Å². The summed E-state index contributed by atoms with van der Waals surface area (Å²) in [6, 6.07) is 5.71. The van der Waals surface area contributed by atoms with Crippen molar-refractivity contribution in [1.82, 2.24) is 9.80 Å². The van der Waals surface area contributed by atoms with E-state index in [1.54, 1.807) is 19.0 Å². The lowest BCUT2D eigenvalue weighted by atomic mass is 10.1. The van der Waals surface area contributed by atoms with Crippen molar-refractivity contribution in [2.75, 3.05) is 32.5 Å². The van der Waals surface area contributed by atoms with Gasteiger partial charge in [0.1, 0.15) is 0 Å². The van der Waals surface area contributed by atoms with E-state index in [2.05, 4.69) is 5.32 Å². The van der Waals surface area contributed by atoms with Crippen molar-refractivity contribution in [2.45, 2.75) is 32.7 Å². The molecule has 1 fully saturated rings. The van der Waals surface area contributed by atoms with Gasteiger partial charge in [-0.05, 0) is 56.5 Å². The SMILES string of the molecule is Cc1ccc(NC(=O)CN2CCC[C@@H]2C(=O)N(C)C)cc1C. The number of rotatable bonds is 4. The van der Waals surface area contributed by atoms with Gasteiger partial charge in [-0.15, -0.1) is 0 Å². The fourth-order valence-corrected chi connectivity index (χ4v) is 2.80. The van der Waals surface area contributed by atoms with Gasteiger partial charge in [-0.25, -0.2) is 0 Å². The molecule has 1 aromatic rings. The predicted molar refractivity (Wildman–Crippen MR) is 87.8 cm³/mol. The molecule has 0 unspecified atom stereocenters. The summed E-state index contributed by atoms with van der Waals surface area (Å²) >= 11 is 0. The number of anilines is 1. The van der Waals surface area contributed by atoms with Crippen molar-refractivity contribution in [1.29, 1.82) is 0 Å². The number of amides is 2. The van der Waals surface area contributed by atoms with Gasteiger partial charge in [0.05, 0.1) is 12.6 Å². The normalized spacial score (nSPS) is 18.3. The van der Waals surface area contributed by atoms with Crippen molar-refractivity contribution < 1.29 is 9.59 Å². The molecule has 0 aromatic heterocycles. The molecule has 0 aliphatic carbocycles. The summed E-state index contributed by atoms with van der Waals surface area (Å²) in [5.74, 6) is 0.0122. The number of carbonyl (C=O) groups excluding carboxylic acids is 2. The summed E-state index contributed by atoms with van der Waals surface area (Å²) < 4.78 is 0. The van der Waals surface area contributed by atoms with Crippen LogP contribution in [-0.2, 0) is 9.59 Å². The Hall–Kier alpha value is -1.88. The third-order valence-electron chi connectivity index (χ3n) is 4.23. The Bertz CT molecular complexity index is 569. The van der Waals surface area contributed by atoms with Crippen molar-refractivity contribution in [2.24, 2.45) is 0 Å². The number of aryl methyl sites for hydroxylation is 2. The van der Waals surface area contributed by atoms with Gasteiger partial charge in [0.25, 0.3) is 0 Å². The number of benzene rings is 1. The van der Waals surface area contributed by atoms with Crippen LogP contribution >= 0.6 is 0 Å². The molecule has 1 aliphatic heterocycles. The van der Waals surface area contributed by atoms with Crippen molar-refractivity contribution in [3.63, 3.8) is 0 Å². The zero-order valence-electron chi connectivity index (χ0n) is 13.8. The van der Waals surface area contributed by atoms with Gasteiger partial charge in [0.2, 0.25) is 11.8 Å². The third-order valence-corrected chi connectivity index (χ3v) is 4.23. The first-order chi connectivity index (χ1) is 10.4. The van der Waals surface area contributed by atoms with Crippen LogP contribution in [0.4, 0.5) is 5.69 Å². The van der Waals surface area contributed by atoms with Crippen LogP contribution in [0, 0.1) is 13.8 Å². The fraction of sp³-hybridized carbons (Fsp3) is 0.529. The number of nitrogens with zero attached hydrogens (tertiary/aromatic N) is 2. The molecule has 1 saturated heterocycles. The highest BCUT2D eigenvalue weighted by atomic mass is 16.2. The standard InChI is InChI=1S/C17H25N3O2/c1-12-7-8-14(10-13(12)2)18-16(21)11-20-9-5-6-15(20)17(22)19(3)4/h7-8,10,15H,5-6,9,11H2,1-4H3,(H,18,21)/t15-/m1/s1. The van der Waals surface area contributed by atoms with Crippen molar-refractivity contribution >= 4 is 17.5 Å². The largest absolute Gasteiger partial charge is 0.347 e. The molecule has 2 rings (SSSR count). The molecule has 1 aromatic carbocycles. The number of carbonyl (C=O) groups is 2. The molecule has 0 saturated carbocycles. The summed E-state index contributed by atoms with van der Waals surface area (Å²) in [5.41, 5.74) is 3.16. The van der Waals surface area contributed by atoms with E-state index in [0.29, 0.717) is 0 Å². The maximum absolute atomic E-state index is 12.2. The van der Waals surface area contributed by atoms with Crippen LogP contribution in [0.2, 0.25) is 0 Å². The zero-order valence-corrected chi connectivity index (χ0v) is 13.8. The van der Waals surface area contributed by atoms with E-state index in [0.717, 1.165) is 30.6 Å². The van der Waals surface area contributed by atoms with Gasteiger partial charge >= 0.3 is 0 Å². The minimum atomic E-state index is -0.166. The predicted octanol–water partition coefficient (Wildman–Crippen LogP) is 1.79. The average Bonchev–Trinajstić information content (AvgIpc) is 2.89. The first-order valence-electron chi connectivity index (χ1n) is 7.71. The molecule has 5 heteroatoms. The lowest BCUT2D eigenvalue weighted by Crippen LogP contribution is -2.45. The Kier molecular flexibility index (Phi) is 5.19. The van der Waals surface area contributed by atoms with Gasteiger partial charge in [-0.2, -0.15) is 0 Å². The van der Waals surface area contributed by atoms with Gasteiger partial charge in [-0.1, -0.05) is 6.07 Å². The van der Waals surface area contributed by atoms with E-state index in [-0.39, 0.29) is 24.4 Å². The molecule has 1 aliphatic rings. The number of hydrogen-bond acceptors (Lipinski definition) is 3. The maximum atomic E-state index is 12.2. The molecule has 0 radical (unpaired) electrons.